The van der Waals surface area contributed by atoms with E-state index in [1.54, 1.807) is 23.7 Å². The number of nitrogens with zero attached hydrogens (tertiary/aromatic N) is 1. The molecule has 5 nitrogen and oxygen atoms in total. The summed E-state index contributed by atoms with van der Waals surface area (Å²) in [6, 6.07) is -0.0213. The number of esters is 1. The molecule has 1 aliphatic heterocycles. The van der Waals surface area contributed by atoms with Crippen LogP contribution in [0.5, 0.6) is 0 Å². The molecule has 1 fully saturated rings. The average Bonchev–Trinajstić information content (AvgIpc) is 2.30. The largest absolute Gasteiger partial charge is 0.469 e. The number of likely N-dealkylation sites (N-methyl/N-ethyl adjacent to an activating group) is 1. The van der Waals surface area contributed by atoms with Crippen LogP contribution in [0, 0.1) is 0 Å². The molecule has 0 radical (unpaired) electrons. The first kappa shape index (κ1) is 13.3. The maximum atomic E-state index is 11.8. The van der Waals surface area contributed by atoms with Gasteiger partial charge >= 0.3 is 5.97 Å². The lowest BCUT2D eigenvalue weighted by Gasteiger charge is -2.34. The molecule has 0 aromatic carbocycles. The number of methoxy groups -OCH3 is 1. The minimum Gasteiger partial charge on any atom is -0.469 e. The molecular weight excluding hydrogens is 228 g/mol. The summed E-state index contributed by atoms with van der Waals surface area (Å²) in [5.41, 5.74) is 0. The van der Waals surface area contributed by atoms with Gasteiger partial charge in [-0.1, -0.05) is 0 Å². The molecule has 1 amide bonds. The van der Waals surface area contributed by atoms with Gasteiger partial charge in [0.2, 0.25) is 5.91 Å². The first-order chi connectivity index (χ1) is 7.69. The smallest absolute Gasteiger partial charge is 0.307 e. The SMILES string of the molecule is CNCC(=O)N1CCSCC1CC(=O)OC. The molecule has 1 aliphatic rings. The Hall–Kier alpha value is -0.750. The van der Waals surface area contributed by atoms with Crippen LogP contribution in [0.25, 0.3) is 0 Å². The highest BCUT2D eigenvalue weighted by Crippen LogP contribution is 2.19. The van der Waals surface area contributed by atoms with Gasteiger partial charge in [-0.2, -0.15) is 11.8 Å². The van der Waals surface area contributed by atoms with Crippen molar-refractivity contribution in [1.82, 2.24) is 10.2 Å². The summed E-state index contributed by atoms with van der Waals surface area (Å²) in [4.78, 5) is 24.8. The second-order valence-corrected chi connectivity index (χ2v) is 4.78. The number of ether oxygens (including phenoxy) is 1. The van der Waals surface area contributed by atoms with Crippen LogP contribution in [-0.4, -0.2) is 61.6 Å². The number of nitrogens with one attached hydrogen (secondary N) is 1. The zero-order chi connectivity index (χ0) is 12.0. The van der Waals surface area contributed by atoms with Gasteiger partial charge in [-0.15, -0.1) is 0 Å². The molecule has 6 heteroatoms. The van der Waals surface area contributed by atoms with Crippen molar-refractivity contribution >= 4 is 23.6 Å². The summed E-state index contributed by atoms with van der Waals surface area (Å²) >= 11 is 1.77. The highest BCUT2D eigenvalue weighted by atomic mass is 32.2. The minimum atomic E-state index is -0.255. The Bertz CT molecular complexity index is 260. The first-order valence-corrected chi connectivity index (χ1v) is 6.43. The lowest BCUT2D eigenvalue weighted by atomic mass is 10.2. The van der Waals surface area contributed by atoms with E-state index in [1.165, 1.54) is 7.11 Å². The highest BCUT2D eigenvalue weighted by molar-refractivity contribution is 7.99. The van der Waals surface area contributed by atoms with Gasteiger partial charge < -0.3 is 15.0 Å². The second-order valence-electron chi connectivity index (χ2n) is 3.63. The van der Waals surface area contributed by atoms with Crippen LogP contribution < -0.4 is 5.32 Å². The predicted molar refractivity (Wildman–Crippen MR) is 63.4 cm³/mol. The molecule has 1 unspecified atom stereocenters. The van der Waals surface area contributed by atoms with Gasteiger partial charge in [-0.25, -0.2) is 0 Å². The lowest BCUT2D eigenvalue weighted by Crippen LogP contribution is -2.49. The molecule has 1 heterocycles. The fourth-order valence-corrected chi connectivity index (χ4v) is 2.74. The third-order valence-corrected chi connectivity index (χ3v) is 3.60. The van der Waals surface area contributed by atoms with E-state index in [0.717, 1.165) is 11.5 Å². The molecule has 0 saturated carbocycles. The quantitative estimate of drug-likeness (QED) is 0.691. The van der Waals surface area contributed by atoms with Crippen molar-refractivity contribution < 1.29 is 14.3 Å². The fraction of sp³-hybridized carbons (Fsp3) is 0.800. The van der Waals surface area contributed by atoms with Gasteiger partial charge in [-0.05, 0) is 7.05 Å². The third-order valence-electron chi connectivity index (χ3n) is 2.51. The van der Waals surface area contributed by atoms with E-state index < -0.39 is 0 Å². The summed E-state index contributed by atoms with van der Waals surface area (Å²) in [6.07, 6.45) is 0.291. The van der Waals surface area contributed by atoms with Crippen LogP contribution in [0.2, 0.25) is 0 Å². The monoisotopic (exact) mass is 246 g/mol. The number of hydrogen-bond acceptors (Lipinski definition) is 5. The van der Waals surface area contributed by atoms with Gasteiger partial charge in [0.05, 0.1) is 26.1 Å². The topological polar surface area (TPSA) is 58.6 Å². The number of rotatable bonds is 4. The first-order valence-electron chi connectivity index (χ1n) is 5.27. The molecule has 0 bridgehead atoms. The Kier molecular flexibility index (Phi) is 5.62. The van der Waals surface area contributed by atoms with E-state index >= 15 is 0 Å². The molecule has 92 valence electrons. The summed E-state index contributed by atoms with van der Waals surface area (Å²) in [5, 5.41) is 2.84. The van der Waals surface area contributed by atoms with E-state index in [9.17, 15) is 9.59 Å². The van der Waals surface area contributed by atoms with Crippen molar-refractivity contribution in [2.24, 2.45) is 0 Å². The van der Waals surface area contributed by atoms with Crippen molar-refractivity contribution in [2.75, 3.05) is 38.8 Å². The maximum absolute atomic E-state index is 11.8. The van der Waals surface area contributed by atoms with Gasteiger partial charge in [0.1, 0.15) is 0 Å². The third kappa shape index (κ3) is 3.68. The van der Waals surface area contributed by atoms with E-state index in [-0.39, 0.29) is 17.9 Å². The Morgan fingerprint density at radius 3 is 2.94 bits per heavy atom. The normalized spacial score (nSPS) is 20.6. The van der Waals surface area contributed by atoms with E-state index in [1.807, 2.05) is 0 Å². The number of hydrogen-bond donors (Lipinski definition) is 1. The number of carbonyl (C=O) groups is 2. The van der Waals surface area contributed by atoms with Crippen molar-refractivity contribution in [3.63, 3.8) is 0 Å². The highest BCUT2D eigenvalue weighted by Gasteiger charge is 2.28. The Morgan fingerprint density at radius 1 is 1.56 bits per heavy atom. The van der Waals surface area contributed by atoms with Crippen molar-refractivity contribution in [3.05, 3.63) is 0 Å². The van der Waals surface area contributed by atoms with E-state index in [4.69, 9.17) is 0 Å². The van der Waals surface area contributed by atoms with Crippen molar-refractivity contribution in [2.45, 2.75) is 12.5 Å². The molecular formula is C10H18N2O3S. The zero-order valence-corrected chi connectivity index (χ0v) is 10.5. The van der Waals surface area contributed by atoms with E-state index in [2.05, 4.69) is 10.1 Å². The summed E-state index contributed by atoms with van der Waals surface area (Å²) in [6.45, 7) is 1.04. The van der Waals surface area contributed by atoms with Crippen LogP contribution in [-0.2, 0) is 14.3 Å². The fourth-order valence-electron chi connectivity index (χ4n) is 1.68. The number of carbonyl (C=O) groups excluding carboxylic acids is 2. The van der Waals surface area contributed by atoms with Crippen molar-refractivity contribution in [3.8, 4) is 0 Å². The molecule has 0 spiro atoms. The molecule has 0 aromatic heterocycles. The summed E-state index contributed by atoms with van der Waals surface area (Å²) < 4.78 is 4.64. The van der Waals surface area contributed by atoms with Gasteiger partial charge in [0.25, 0.3) is 0 Å². The molecule has 1 atom stereocenters. The van der Waals surface area contributed by atoms with Crippen molar-refractivity contribution in [1.29, 1.82) is 0 Å². The van der Waals surface area contributed by atoms with E-state index in [0.29, 0.717) is 19.5 Å². The number of thioether (sulfide) groups is 1. The Labute approximate surface area is 99.9 Å². The summed E-state index contributed by atoms with van der Waals surface area (Å²) in [7, 11) is 3.12. The molecule has 0 aromatic rings. The Morgan fingerprint density at radius 2 is 2.31 bits per heavy atom. The minimum absolute atomic E-state index is 0.0213. The lowest BCUT2D eigenvalue weighted by molar-refractivity contribution is -0.143. The molecule has 1 saturated heterocycles. The maximum Gasteiger partial charge on any atom is 0.307 e. The van der Waals surface area contributed by atoms with Crippen LogP contribution in [0.1, 0.15) is 6.42 Å². The van der Waals surface area contributed by atoms with Crippen LogP contribution >= 0.6 is 11.8 Å². The van der Waals surface area contributed by atoms with Gasteiger partial charge in [-0.3, -0.25) is 9.59 Å². The van der Waals surface area contributed by atoms with Crippen LogP contribution in [0.15, 0.2) is 0 Å². The predicted octanol–water partition coefficient (Wildman–Crippen LogP) is -0.287. The van der Waals surface area contributed by atoms with Crippen LogP contribution in [0.4, 0.5) is 0 Å². The van der Waals surface area contributed by atoms with Gasteiger partial charge in [0, 0.05) is 18.1 Å². The van der Waals surface area contributed by atoms with Gasteiger partial charge in [0.15, 0.2) is 0 Å². The standard InChI is InChI=1S/C10H18N2O3S/c1-11-6-9(13)12-3-4-16-7-8(12)5-10(14)15-2/h8,11H,3-7H2,1-2H3. The summed E-state index contributed by atoms with van der Waals surface area (Å²) in [5.74, 6) is 1.55. The molecule has 1 rings (SSSR count). The Balaban J connectivity index is 2.56. The molecule has 1 N–H and O–H groups in total. The molecule has 16 heavy (non-hydrogen) atoms. The molecule has 0 aliphatic carbocycles. The van der Waals surface area contributed by atoms with Crippen LogP contribution in [0.3, 0.4) is 0 Å². The number of amides is 1. The second kappa shape index (κ2) is 6.75. The zero-order valence-electron chi connectivity index (χ0n) is 9.69. The average molecular weight is 246 g/mol.